The number of aliphatic carboxylic acids is 1. The third-order valence-electron chi connectivity index (χ3n) is 3.48. The molecular weight excluding hydrogens is 280 g/mol. The molecule has 2 amide bonds. The van der Waals surface area contributed by atoms with E-state index in [0.717, 1.165) is 17.8 Å². The number of thiophene rings is 1. The van der Waals surface area contributed by atoms with Crippen molar-refractivity contribution in [2.45, 2.75) is 26.2 Å². The van der Waals surface area contributed by atoms with Crippen LogP contribution in [0.4, 0.5) is 5.00 Å². The van der Waals surface area contributed by atoms with E-state index in [2.05, 4.69) is 10.6 Å². The van der Waals surface area contributed by atoms with Gasteiger partial charge in [-0.1, -0.05) is 6.42 Å². The van der Waals surface area contributed by atoms with E-state index in [1.165, 1.54) is 6.92 Å². The summed E-state index contributed by atoms with van der Waals surface area (Å²) in [6.07, 6.45) is 2.09. The van der Waals surface area contributed by atoms with E-state index in [9.17, 15) is 19.5 Å². The Bertz CT molecular complexity index is 548. The number of carboxylic acid groups (broad SMARTS) is 1. The molecule has 0 radical (unpaired) electrons. The highest BCUT2D eigenvalue weighted by Crippen LogP contribution is 2.40. The molecule has 1 aromatic rings. The number of rotatable bonds is 5. The zero-order valence-electron chi connectivity index (χ0n) is 11.1. The van der Waals surface area contributed by atoms with E-state index in [1.54, 1.807) is 12.1 Å². The SMILES string of the molecule is CC(=O)Nc1ccc(C(=O)NCC2(C(=O)O)CCC2)s1. The van der Waals surface area contributed by atoms with Gasteiger partial charge in [0, 0.05) is 13.5 Å². The van der Waals surface area contributed by atoms with Gasteiger partial charge in [-0.3, -0.25) is 14.4 Å². The van der Waals surface area contributed by atoms with Crippen LogP contribution in [0.5, 0.6) is 0 Å². The fourth-order valence-corrected chi connectivity index (χ4v) is 2.98. The maximum absolute atomic E-state index is 11.9. The number of amides is 2. The van der Waals surface area contributed by atoms with Crippen LogP contribution in [-0.4, -0.2) is 29.4 Å². The van der Waals surface area contributed by atoms with Gasteiger partial charge in [-0.15, -0.1) is 11.3 Å². The van der Waals surface area contributed by atoms with Crippen LogP contribution < -0.4 is 10.6 Å². The Hall–Kier alpha value is -1.89. The third-order valence-corrected chi connectivity index (χ3v) is 4.48. The number of carboxylic acids is 1. The topological polar surface area (TPSA) is 95.5 Å². The Balaban J connectivity index is 1.93. The Labute approximate surface area is 120 Å². The third kappa shape index (κ3) is 2.98. The molecule has 0 aliphatic heterocycles. The smallest absolute Gasteiger partial charge is 0.311 e. The van der Waals surface area contributed by atoms with Crippen LogP contribution in [0.3, 0.4) is 0 Å². The molecular formula is C13H16N2O4S. The first-order chi connectivity index (χ1) is 9.43. The van der Waals surface area contributed by atoms with Crippen molar-refractivity contribution in [2.24, 2.45) is 5.41 Å². The van der Waals surface area contributed by atoms with Gasteiger partial charge in [-0.25, -0.2) is 0 Å². The normalized spacial score (nSPS) is 16.1. The first kappa shape index (κ1) is 14.5. The minimum Gasteiger partial charge on any atom is -0.481 e. The number of hydrogen-bond donors (Lipinski definition) is 3. The predicted octanol–water partition coefficient (Wildman–Crippen LogP) is 1.69. The molecule has 0 bridgehead atoms. The molecule has 3 N–H and O–H groups in total. The number of carbonyl (C=O) groups excluding carboxylic acids is 2. The number of nitrogens with one attached hydrogen (secondary N) is 2. The zero-order valence-corrected chi connectivity index (χ0v) is 11.9. The monoisotopic (exact) mass is 296 g/mol. The van der Waals surface area contributed by atoms with Crippen LogP contribution in [0.1, 0.15) is 35.9 Å². The summed E-state index contributed by atoms with van der Waals surface area (Å²) in [5.41, 5.74) is -0.798. The van der Waals surface area contributed by atoms with Crippen molar-refractivity contribution in [3.8, 4) is 0 Å². The van der Waals surface area contributed by atoms with Gasteiger partial charge in [-0.05, 0) is 25.0 Å². The second kappa shape index (κ2) is 5.62. The van der Waals surface area contributed by atoms with E-state index in [0.29, 0.717) is 22.7 Å². The Morgan fingerprint density at radius 3 is 2.55 bits per heavy atom. The first-order valence-corrected chi connectivity index (χ1v) is 7.14. The van der Waals surface area contributed by atoms with Gasteiger partial charge in [0.15, 0.2) is 0 Å². The first-order valence-electron chi connectivity index (χ1n) is 6.32. The lowest BCUT2D eigenvalue weighted by atomic mass is 9.69. The molecule has 7 heteroatoms. The summed E-state index contributed by atoms with van der Waals surface area (Å²) in [6, 6.07) is 3.26. The Kier molecular flexibility index (Phi) is 4.08. The van der Waals surface area contributed by atoms with E-state index in [-0.39, 0.29) is 18.4 Å². The predicted molar refractivity (Wildman–Crippen MR) is 74.9 cm³/mol. The lowest BCUT2D eigenvalue weighted by molar-refractivity contribution is -0.153. The molecule has 1 fully saturated rings. The van der Waals surface area contributed by atoms with Crippen molar-refractivity contribution in [2.75, 3.05) is 11.9 Å². The summed E-state index contributed by atoms with van der Waals surface area (Å²) < 4.78 is 0. The fourth-order valence-electron chi connectivity index (χ4n) is 2.11. The van der Waals surface area contributed by atoms with E-state index < -0.39 is 11.4 Å². The standard InChI is InChI=1S/C13H16N2O4S/c1-8(16)15-10-4-3-9(20-10)11(17)14-7-13(12(18)19)5-2-6-13/h3-4H,2,5-7H2,1H3,(H,14,17)(H,15,16)(H,18,19). The van der Waals surface area contributed by atoms with Gasteiger partial charge in [0.25, 0.3) is 5.91 Å². The van der Waals surface area contributed by atoms with Crippen molar-refractivity contribution in [1.82, 2.24) is 5.32 Å². The molecule has 1 aliphatic rings. The summed E-state index contributed by atoms with van der Waals surface area (Å²) in [7, 11) is 0. The molecule has 1 saturated carbocycles. The van der Waals surface area contributed by atoms with Crippen molar-refractivity contribution >= 4 is 34.1 Å². The van der Waals surface area contributed by atoms with Crippen LogP contribution in [-0.2, 0) is 9.59 Å². The summed E-state index contributed by atoms with van der Waals surface area (Å²) in [4.78, 5) is 34.5. The maximum Gasteiger partial charge on any atom is 0.311 e. The van der Waals surface area contributed by atoms with Gasteiger partial charge in [0.2, 0.25) is 5.91 Å². The maximum atomic E-state index is 11.9. The van der Waals surface area contributed by atoms with Crippen molar-refractivity contribution in [3.63, 3.8) is 0 Å². The lowest BCUT2D eigenvalue weighted by Crippen LogP contribution is -2.47. The van der Waals surface area contributed by atoms with Gasteiger partial charge in [0.05, 0.1) is 15.3 Å². The summed E-state index contributed by atoms with van der Waals surface area (Å²) >= 11 is 1.16. The molecule has 6 nitrogen and oxygen atoms in total. The molecule has 1 heterocycles. The van der Waals surface area contributed by atoms with Gasteiger partial charge >= 0.3 is 5.97 Å². The Morgan fingerprint density at radius 1 is 1.35 bits per heavy atom. The molecule has 1 aromatic heterocycles. The lowest BCUT2D eigenvalue weighted by Gasteiger charge is -2.37. The largest absolute Gasteiger partial charge is 0.481 e. The summed E-state index contributed by atoms with van der Waals surface area (Å²) in [5, 5.41) is 15.0. The molecule has 108 valence electrons. The molecule has 2 rings (SSSR count). The van der Waals surface area contributed by atoms with Crippen LogP contribution >= 0.6 is 11.3 Å². The van der Waals surface area contributed by atoms with Crippen LogP contribution in [0, 0.1) is 5.41 Å². The van der Waals surface area contributed by atoms with Crippen molar-refractivity contribution in [3.05, 3.63) is 17.0 Å². The van der Waals surface area contributed by atoms with Gasteiger partial charge < -0.3 is 15.7 Å². The van der Waals surface area contributed by atoms with Crippen LogP contribution in [0.25, 0.3) is 0 Å². The summed E-state index contributed by atoms with van der Waals surface area (Å²) in [6.45, 7) is 1.54. The van der Waals surface area contributed by atoms with Crippen molar-refractivity contribution in [1.29, 1.82) is 0 Å². The number of carbonyl (C=O) groups is 3. The average Bonchev–Trinajstić information content (AvgIpc) is 2.74. The molecule has 0 aromatic carbocycles. The molecule has 0 unspecified atom stereocenters. The van der Waals surface area contributed by atoms with Crippen LogP contribution in [0.15, 0.2) is 12.1 Å². The van der Waals surface area contributed by atoms with Gasteiger partial charge in [0.1, 0.15) is 0 Å². The highest BCUT2D eigenvalue weighted by Gasteiger charge is 2.44. The second-order valence-corrected chi connectivity index (χ2v) is 6.05. The molecule has 1 aliphatic carbocycles. The van der Waals surface area contributed by atoms with Crippen LogP contribution in [0.2, 0.25) is 0 Å². The quantitative estimate of drug-likeness (QED) is 0.770. The minimum absolute atomic E-state index is 0.147. The number of hydrogen-bond acceptors (Lipinski definition) is 4. The number of anilines is 1. The second-order valence-electron chi connectivity index (χ2n) is 4.97. The molecule has 20 heavy (non-hydrogen) atoms. The Morgan fingerprint density at radius 2 is 2.05 bits per heavy atom. The van der Waals surface area contributed by atoms with Crippen molar-refractivity contribution < 1.29 is 19.5 Å². The average molecular weight is 296 g/mol. The molecule has 0 saturated heterocycles. The minimum atomic E-state index is -0.853. The zero-order chi connectivity index (χ0) is 14.8. The highest BCUT2D eigenvalue weighted by atomic mass is 32.1. The van der Waals surface area contributed by atoms with E-state index in [1.807, 2.05) is 0 Å². The highest BCUT2D eigenvalue weighted by molar-refractivity contribution is 7.18. The van der Waals surface area contributed by atoms with E-state index >= 15 is 0 Å². The van der Waals surface area contributed by atoms with Gasteiger partial charge in [-0.2, -0.15) is 0 Å². The fraction of sp³-hybridized carbons (Fsp3) is 0.462. The summed E-state index contributed by atoms with van der Waals surface area (Å²) in [5.74, 6) is -1.36. The van der Waals surface area contributed by atoms with E-state index in [4.69, 9.17) is 0 Å². The molecule has 0 spiro atoms. The molecule has 0 atom stereocenters.